The van der Waals surface area contributed by atoms with E-state index in [4.69, 9.17) is 4.74 Å². The smallest absolute Gasteiger partial charge is 0.331 e. The van der Waals surface area contributed by atoms with Crippen LogP contribution in [0.3, 0.4) is 0 Å². The van der Waals surface area contributed by atoms with E-state index < -0.39 is 0 Å². The molecule has 0 aliphatic heterocycles. The zero-order chi connectivity index (χ0) is 11.3. The van der Waals surface area contributed by atoms with Gasteiger partial charge in [-0.15, -0.1) is 0 Å². The lowest BCUT2D eigenvalue weighted by molar-refractivity contribution is -0.137. The molecule has 0 aliphatic carbocycles. The Hall–Kier alpha value is -1.57. The molecule has 0 saturated heterocycles. The van der Waals surface area contributed by atoms with Gasteiger partial charge in [-0.1, -0.05) is 29.8 Å². The standard InChI is InChI=1S/C13H16O2/c1-4-15-13(14)9-11(3)12-7-5-10(2)6-8-12/h5-9H,4H2,1-3H3. The van der Waals surface area contributed by atoms with E-state index in [9.17, 15) is 4.79 Å². The molecule has 0 radical (unpaired) electrons. The van der Waals surface area contributed by atoms with Gasteiger partial charge in [0, 0.05) is 6.08 Å². The minimum Gasteiger partial charge on any atom is -0.463 e. The Balaban J connectivity index is 2.79. The lowest BCUT2D eigenvalue weighted by Gasteiger charge is -2.02. The van der Waals surface area contributed by atoms with E-state index in [-0.39, 0.29) is 5.97 Å². The normalized spacial score (nSPS) is 11.3. The fourth-order valence-electron chi connectivity index (χ4n) is 1.26. The highest BCUT2D eigenvalue weighted by Gasteiger charge is 2.00. The summed E-state index contributed by atoms with van der Waals surface area (Å²) >= 11 is 0. The van der Waals surface area contributed by atoms with Gasteiger partial charge >= 0.3 is 5.97 Å². The second-order valence-electron chi connectivity index (χ2n) is 3.45. The molecule has 0 aliphatic rings. The van der Waals surface area contributed by atoms with Gasteiger partial charge in [0.05, 0.1) is 6.61 Å². The molecule has 0 atom stereocenters. The van der Waals surface area contributed by atoms with Crippen molar-refractivity contribution in [2.45, 2.75) is 20.8 Å². The molecular formula is C13H16O2. The number of rotatable bonds is 3. The first-order valence-electron chi connectivity index (χ1n) is 5.05. The molecule has 1 aromatic carbocycles. The average molecular weight is 204 g/mol. The van der Waals surface area contributed by atoms with Crippen LogP contribution in [0.25, 0.3) is 5.57 Å². The predicted molar refractivity (Wildman–Crippen MR) is 61.5 cm³/mol. The van der Waals surface area contributed by atoms with Crippen molar-refractivity contribution in [2.75, 3.05) is 6.61 Å². The first-order valence-corrected chi connectivity index (χ1v) is 5.05. The SMILES string of the molecule is CCOC(=O)C=C(C)c1ccc(C)cc1. The Bertz CT molecular complexity index is 361. The Kier molecular flexibility index (Phi) is 4.10. The quantitative estimate of drug-likeness (QED) is 0.559. The second-order valence-corrected chi connectivity index (χ2v) is 3.45. The second kappa shape index (κ2) is 5.35. The molecule has 0 aromatic heterocycles. The fourth-order valence-corrected chi connectivity index (χ4v) is 1.26. The van der Waals surface area contributed by atoms with Crippen molar-refractivity contribution < 1.29 is 9.53 Å². The van der Waals surface area contributed by atoms with Crippen molar-refractivity contribution >= 4 is 11.5 Å². The summed E-state index contributed by atoms with van der Waals surface area (Å²) in [5.74, 6) is -0.282. The minimum atomic E-state index is -0.282. The highest BCUT2D eigenvalue weighted by atomic mass is 16.5. The number of hydrogen-bond donors (Lipinski definition) is 0. The molecule has 0 N–H and O–H groups in total. The van der Waals surface area contributed by atoms with E-state index in [0.29, 0.717) is 6.61 Å². The number of allylic oxidation sites excluding steroid dienone is 1. The van der Waals surface area contributed by atoms with E-state index in [1.54, 1.807) is 6.92 Å². The third-order valence-electron chi connectivity index (χ3n) is 2.13. The highest BCUT2D eigenvalue weighted by Crippen LogP contribution is 2.14. The summed E-state index contributed by atoms with van der Waals surface area (Å²) in [5, 5.41) is 0. The molecule has 0 saturated carbocycles. The third kappa shape index (κ3) is 3.58. The molecule has 1 aromatic rings. The zero-order valence-corrected chi connectivity index (χ0v) is 9.41. The number of carbonyl (C=O) groups is 1. The van der Waals surface area contributed by atoms with Crippen molar-refractivity contribution in [3.63, 3.8) is 0 Å². The van der Waals surface area contributed by atoms with Gasteiger partial charge in [-0.2, -0.15) is 0 Å². The number of ether oxygens (including phenoxy) is 1. The number of benzene rings is 1. The van der Waals surface area contributed by atoms with Crippen LogP contribution in [-0.4, -0.2) is 12.6 Å². The van der Waals surface area contributed by atoms with Crippen LogP contribution in [-0.2, 0) is 9.53 Å². The molecule has 0 fully saturated rings. The topological polar surface area (TPSA) is 26.3 Å². The van der Waals surface area contributed by atoms with Crippen LogP contribution in [0.15, 0.2) is 30.3 Å². The van der Waals surface area contributed by atoms with E-state index in [1.807, 2.05) is 38.1 Å². The fraction of sp³-hybridized carbons (Fsp3) is 0.308. The Labute approximate surface area is 90.6 Å². The maximum atomic E-state index is 11.2. The van der Waals surface area contributed by atoms with Gasteiger partial charge in [-0.05, 0) is 31.9 Å². The molecule has 80 valence electrons. The summed E-state index contributed by atoms with van der Waals surface area (Å²) in [6.07, 6.45) is 1.52. The van der Waals surface area contributed by atoms with Crippen LogP contribution < -0.4 is 0 Å². The maximum Gasteiger partial charge on any atom is 0.331 e. The van der Waals surface area contributed by atoms with E-state index in [2.05, 4.69) is 0 Å². The van der Waals surface area contributed by atoms with E-state index >= 15 is 0 Å². The maximum absolute atomic E-state index is 11.2. The van der Waals surface area contributed by atoms with Crippen LogP contribution in [0.2, 0.25) is 0 Å². The lowest BCUT2D eigenvalue weighted by atomic mass is 10.1. The van der Waals surface area contributed by atoms with Crippen molar-refractivity contribution in [3.8, 4) is 0 Å². The number of esters is 1. The first-order chi connectivity index (χ1) is 7.13. The summed E-state index contributed by atoms with van der Waals surface area (Å²) in [6, 6.07) is 8.05. The van der Waals surface area contributed by atoms with Crippen molar-refractivity contribution in [1.82, 2.24) is 0 Å². The van der Waals surface area contributed by atoms with Crippen LogP contribution in [0.5, 0.6) is 0 Å². The first kappa shape index (κ1) is 11.5. The van der Waals surface area contributed by atoms with Gasteiger partial charge in [0.15, 0.2) is 0 Å². The van der Waals surface area contributed by atoms with Crippen LogP contribution >= 0.6 is 0 Å². The molecule has 15 heavy (non-hydrogen) atoms. The Morgan fingerprint density at radius 2 is 1.93 bits per heavy atom. The monoisotopic (exact) mass is 204 g/mol. The van der Waals surface area contributed by atoms with Crippen molar-refractivity contribution in [3.05, 3.63) is 41.5 Å². The van der Waals surface area contributed by atoms with Crippen LogP contribution in [0.4, 0.5) is 0 Å². The molecule has 0 spiro atoms. The molecule has 0 amide bonds. The molecule has 2 heteroatoms. The Morgan fingerprint density at radius 3 is 2.47 bits per heavy atom. The molecule has 0 heterocycles. The average Bonchev–Trinajstić information content (AvgIpc) is 2.18. The van der Waals surface area contributed by atoms with Gasteiger partial charge in [0.1, 0.15) is 0 Å². The van der Waals surface area contributed by atoms with E-state index in [0.717, 1.165) is 11.1 Å². The minimum absolute atomic E-state index is 0.282. The van der Waals surface area contributed by atoms with Gasteiger partial charge in [-0.3, -0.25) is 0 Å². The molecule has 0 bridgehead atoms. The summed E-state index contributed by atoms with van der Waals surface area (Å²) < 4.78 is 4.84. The summed E-state index contributed by atoms with van der Waals surface area (Å²) in [5.41, 5.74) is 3.18. The summed E-state index contributed by atoms with van der Waals surface area (Å²) in [6.45, 7) is 6.15. The highest BCUT2D eigenvalue weighted by molar-refractivity contribution is 5.90. The molecule has 0 unspecified atom stereocenters. The van der Waals surface area contributed by atoms with Gasteiger partial charge in [0.25, 0.3) is 0 Å². The number of aryl methyl sites for hydroxylation is 1. The molecule has 2 nitrogen and oxygen atoms in total. The van der Waals surface area contributed by atoms with Gasteiger partial charge in [0.2, 0.25) is 0 Å². The molecular weight excluding hydrogens is 188 g/mol. The zero-order valence-electron chi connectivity index (χ0n) is 9.41. The lowest BCUT2D eigenvalue weighted by Crippen LogP contribution is -2.00. The number of carbonyl (C=O) groups excluding carboxylic acids is 1. The van der Waals surface area contributed by atoms with Crippen molar-refractivity contribution in [2.24, 2.45) is 0 Å². The van der Waals surface area contributed by atoms with E-state index in [1.165, 1.54) is 11.6 Å². The summed E-state index contributed by atoms with van der Waals surface area (Å²) in [4.78, 5) is 11.2. The van der Waals surface area contributed by atoms with Crippen LogP contribution in [0, 0.1) is 6.92 Å². The number of hydrogen-bond acceptors (Lipinski definition) is 2. The van der Waals surface area contributed by atoms with Crippen molar-refractivity contribution in [1.29, 1.82) is 0 Å². The van der Waals surface area contributed by atoms with Gasteiger partial charge in [-0.25, -0.2) is 4.79 Å². The van der Waals surface area contributed by atoms with Gasteiger partial charge < -0.3 is 4.74 Å². The third-order valence-corrected chi connectivity index (χ3v) is 2.13. The largest absolute Gasteiger partial charge is 0.463 e. The van der Waals surface area contributed by atoms with Crippen LogP contribution in [0.1, 0.15) is 25.0 Å². The molecule has 1 rings (SSSR count). The summed E-state index contributed by atoms with van der Waals surface area (Å²) in [7, 11) is 0. The predicted octanol–water partition coefficient (Wildman–Crippen LogP) is 2.96. The Morgan fingerprint density at radius 1 is 1.33 bits per heavy atom.